The summed E-state index contributed by atoms with van der Waals surface area (Å²) in [7, 11) is 0. The molecule has 1 amide bonds. The molecule has 0 aliphatic rings. The Hall–Kier alpha value is -1.13. The molecule has 1 heterocycles. The van der Waals surface area contributed by atoms with E-state index >= 15 is 0 Å². The van der Waals surface area contributed by atoms with Crippen LogP contribution in [0.1, 0.15) is 81.5 Å². The first-order valence-corrected chi connectivity index (χ1v) is 9.10. The molecule has 0 spiro atoms. The third-order valence-electron chi connectivity index (χ3n) is 4.06. The Labute approximate surface area is 153 Å². The quantitative estimate of drug-likeness (QED) is 0.399. The predicted molar refractivity (Wildman–Crippen MR) is 93.0 cm³/mol. The van der Waals surface area contributed by atoms with Gasteiger partial charge in [-0.3, -0.25) is 4.79 Å². The fourth-order valence-electron chi connectivity index (χ4n) is 2.57. The molecule has 0 atom stereocenters. The summed E-state index contributed by atoms with van der Waals surface area (Å²) in [5.41, 5.74) is 5.73. The highest BCUT2D eigenvalue weighted by atomic mass is 35.5. The summed E-state index contributed by atoms with van der Waals surface area (Å²) >= 11 is 0. The van der Waals surface area contributed by atoms with Gasteiger partial charge in [-0.1, -0.05) is 64.7 Å². The number of nitrogens with zero attached hydrogens (tertiary/aromatic N) is 1. The second-order valence-corrected chi connectivity index (χ2v) is 6.18. The molecule has 0 aliphatic carbocycles. The molecule has 0 bridgehead atoms. The van der Waals surface area contributed by atoms with Crippen LogP contribution >= 0.6 is 0 Å². The minimum atomic E-state index is -0.400. The number of pyridine rings is 1. The van der Waals surface area contributed by atoms with Gasteiger partial charge in [0.05, 0.1) is 12.2 Å². The maximum absolute atomic E-state index is 11.0. The number of nitrogens with two attached hydrogens (primary N) is 1. The minimum Gasteiger partial charge on any atom is -1.00 e. The highest BCUT2D eigenvalue weighted by Gasteiger charge is 2.04. The second-order valence-electron chi connectivity index (χ2n) is 6.18. The van der Waals surface area contributed by atoms with Crippen LogP contribution in [0.4, 0.5) is 0 Å². The first-order chi connectivity index (χ1) is 11.2. The van der Waals surface area contributed by atoms with Gasteiger partial charge in [0.2, 0.25) is 5.91 Å². The van der Waals surface area contributed by atoms with Crippen LogP contribution in [0.5, 0.6) is 0 Å². The van der Waals surface area contributed by atoms with Crippen molar-refractivity contribution in [1.82, 2.24) is 0 Å². The monoisotopic (exact) mass is 356 g/mol. The molecule has 0 radical (unpaired) electrons. The molecule has 0 aromatic carbocycles. The van der Waals surface area contributed by atoms with Gasteiger partial charge in [-0.25, -0.2) is 0 Å². The van der Waals surface area contributed by atoms with E-state index in [-0.39, 0.29) is 12.4 Å². The molecule has 0 fully saturated rings. The first-order valence-electron chi connectivity index (χ1n) is 9.10. The van der Waals surface area contributed by atoms with Crippen LogP contribution in [-0.2, 0) is 11.5 Å². The standard InChI is InChI=1S/C19H32N2O2.ClH/c1-2-3-4-5-6-7-8-9-10-11-16-23-17-21-14-12-18(13-15-21)19(20)22;/h12-15H,2-11,16-17H2,1H3,(H-,20,22);1H. The summed E-state index contributed by atoms with van der Waals surface area (Å²) < 4.78 is 7.54. The Balaban J connectivity index is 0.00000529. The van der Waals surface area contributed by atoms with E-state index < -0.39 is 5.91 Å². The lowest BCUT2D eigenvalue weighted by molar-refractivity contribution is -0.732. The van der Waals surface area contributed by atoms with E-state index in [0.29, 0.717) is 12.3 Å². The highest BCUT2D eigenvalue weighted by molar-refractivity contribution is 5.92. The van der Waals surface area contributed by atoms with Gasteiger partial charge in [-0.2, -0.15) is 4.57 Å². The van der Waals surface area contributed by atoms with Gasteiger partial charge in [0, 0.05) is 12.1 Å². The summed E-state index contributed by atoms with van der Waals surface area (Å²) in [6.45, 7) is 3.58. The average molecular weight is 357 g/mol. The molecular formula is C19H33ClN2O2. The Bertz CT molecular complexity index is 424. The fourth-order valence-corrected chi connectivity index (χ4v) is 2.57. The number of amides is 1. The van der Waals surface area contributed by atoms with E-state index in [4.69, 9.17) is 10.5 Å². The molecule has 0 aliphatic heterocycles. The second kappa shape index (κ2) is 15.4. The Morgan fingerprint density at radius 2 is 1.46 bits per heavy atom. The maximum atomic E-state index is 11.0. The van der Waals surface area contributed by atoms with Gasteiger partial charge in [0.1, 0.15) is 0 Å². The smallest absolute Gasteiger partial charge is 0.252 e. The van der Waals surface area contributed by atoms with E-state index in [9.17, 15) is 4.79 Å². The largest absolute Gasteiger partial charge is 1.00 e. The van der Waals surface area contributed by atoms with E-state index in [1.54, 1.807) is 12.1 Å². The summed E-state index contributed by atoms with van der Waals surface area (Å²) in [6.07, 6.45) is 17.0. The topological polar surface area (TPSA) is 56.2 Å². The first kappa shape index (κ1) is 22.9. The molecular weight excluding hydrogens is 324 g/mol. The fraction of sp³-hybridized carbons (Fsp3) is 0.684. The number of unbranched alkanes of at least 4 members (excludes halogenated alkanes) is 9. The van der Waals surface area contributed by atoms with Crippen molar-refractivity contribution in [2.45, 2.75) is 77.9 Å². The summed E-state index contributed by atoms with van der Waals surface area (Å²) in [6, 6.07) is 3.43. The molecule has 1 rings (SSSR count). The van der Waals surface area contributed by atoms with Gasteiger partial charge >= 0.3 is 0 Å². The normalized spacial score (nSPS) is 10.4. The third-order valence-corrected chi connectivity index (χ3v) is 4.06. The van der Waals surface area contributed by atoms with Crippen molar-refractivity contribution in [3.8, 4) is 0 Å². The number of carbonyl (C=O) groups excluding carboxylic acids is 1. The van der Waals surface area contributed by atoms with Crippen LogP contribution in [0.2, 0.25) is 0 Å². The molecule has 0 saturated carbocycles. The van der Waals surface area contributed by atoms with Crippen molar-refractivity contribution >= 4 is 5.91 Å². The zero-order valence-corrected chi connectivity index (χ0v) is 15.8. The van der Waals surface area contributed by atoms with Crippen LogP contribution in [-0.4, -0.2) is 12.5 Å². The molecule has 0 unspecified atom stereocenters. The van der Waals surface area contributed by atoms with Gasteiger partial charge in [-0.15, -0.1) is 0 Å². The zero-order valence-electron chi connectivity index (χ0n) is 15.0. The lowest BCUT2D eigenvalue weighted by Crippen LogP contribution is -3.00. The molecule has 1 aromatic rings. The van der Waals surface area contributed by atoms with Crippen molar-refractivity contribution in [1.29, 1.82) is 0 Å². The molecule has 1 aromatic heterocycles. The van der Waals surface area contributed by atoms with E-state index in [1.807, 2.05) is 17.0 Å². The molecule has 24 heavy (non-hydrogen) atoms. The predicted octanol–water partition coefficient (Wildman–Crippen LogP) is 0.972. The molecule has 2 N–H and O–H groups in total. The lowest BCUT2D eigenvalue weighted by atomic mass is 10.1. The SMILES string of the molecule is CCCCCCCCCCCCOC[n+]1ccc(C(N)=O)cc1.[Cl-]. The number of carbonyl (C=O) groups is 1. The van der Waals surface area contributed by atoms with Gasteiger partial charge < -0.3 is 22.9 Å². The van der Waals surface area contributed by atoms with Crippen molar-refractivity contribution in [3.05, 3.63) is 30.1 Å². The zero-order chi connectivity index (χ0) is 16.8. The Kier molecular flexibility index (Phi) is 14.7. The Morgan fingerprint density at radius 3 is 1.96 bits per heavy atom. The number of halogens is 1. The minimum absolute atomic E-state index is 0. The number of rotatable bonds is 14. The number of ether oxygens (including phenoxy) is 1. The van der Waals surface area contributed by atoms with Crippen molar-refractivity contribution in [3.63, 3.8) is 0 Å². The lowest BCUT2D eigenvalue weighted by Gasteiger charge is -2.03. The van der Waals surface area contributed by atoms with E-state index in [1.165, 1.54) is 57.8 Å². The van der Waals surface area contributed by atoms with Crippen LogP contribution in [0, 0.1) is 0 Å². The summed E-state index contributed by atoms with van der Waals surface area (Å²) in [5.74, 6) is -0.400. The average Bonchev–Trinajstić information content (AvgIpc) is 2.56. The van der Waals surface area contributed by atoms with E-state index in [2.05, 4.69) is 6.92 Å². The number of hydrogen-bond donors (Lipinski definition) is 1. The van der Waals surface area contributed by atoms with Gasteiger partial charge in [0.15, 0.2) is 12.4 Å². The highest BCUT2D eigenvalue weighted by Crippen LogP contribution is 2.10. The van der Waals surface area contributed by atoms with E-state index in [0.717, 1.165) is 13.0 Å². The summed E-state index contributed by atoms with van der Waals surface area (Å²) in [5, 5.41) is 0. The molecule has 4 nitrogen and oxygen atoms in total. The maximum Gasteiger partial charge on any atom is 0.252 e. The van der Waals surface area contributed by atoms with Crippen LogP contribution in [0.3, 0.4) is 0 Å². The van der Waals surface area contributed by atoms with Gasteiger partial charge in [0.25, 0.3) is 6.73 Å². The van der Waals surface area contributed by atoms with Gasteiger partial charge in [-0.05, 0) is 6.42 Å². The van der Waals surface area contributed by atoms with Crippen LogP contribution in [0.15, 0.2) is 24.5 Å². The number of aromatic nitrogens is 1. The number of hydrogen-bond acceptors (Lipinski definition) is 2. The number of primary amides is 1. The Morgan fingerprint density at radius 1 is 0.958 bits per heavy atom. The van der Waals surface area contributed by atoms with Crippen LogP contribution in [0.25, 0.3) is 0 Å². The van der Waals surface area contributed by atoms with Crippen molar-refractivity contribution < 1.29 is 26.5 Å². The van der Waals surface area contributed by atoms with Crippen LogP contribution < -0.4 is 22.7 Å². The van der Waals surface area contributed by atoms with Crippen molar-refractivity contribution in [2.75, 3.05) is 6.61 Å². The molecule has 5 heteroatoms. The molecule has 138 valence electrons. The molecule has 0 saturated heterocycles. The third kappa shape index (κ3) is 11.4. The summed E-state index contributed by atoms with van der Waals surface area (Å²) in [4.78, 5) is 11.0. The van der Waals surface area contributed by atoms with Crippen molar-refractivity contribution in [2.24, 2.45) is 5.73 Å².